The quantitative estimate of drug-likeness (QED) is 0.866. The van der Waals surface area contributed by atoms with Gasteiger partial charge in [0, 0.05) is 23.6 Å². The first-order valence-corrected chi connectivity index (χ1v) is 5.33. The van der Waals surface area contributed by atoms with E-state index in [0.717, 1.165) is 12.1 Å². The first kappa shape index (κ1) is 13.1. The third-order valence-electron chi connectivity index (χ3n) is 2.48. The average Bonchev–Trinajstić information content (AvgIpc) is 2.39. The zero-order valence-electron chi connectivity index (χ0n) is 9.61. The summed E-state index contributed by atoms with van der Waals surface area (Å²) in [6.07, 6.45) is -1.15. The van der Waals surface area contributed by atoms with E-state index in [0.29, 0.717) is 17.5 Å². The van der Waals surface area contributed by atoms with Crippen LogP contribution >= 0.6 is 0 Å². The van der Waals surface area contributed by atoms with Gasteiger partial charge in [0.05, 0.1) is 5.56 Å². The fraction of sp³-hybridized carbons (Fsp3) is 0.0769. The number of aromatic nitrogens is 1. The van der Waals surface area contributed by atoms with Crippen molar-refractivity contribution in [2.75, 3.05) is 5.32 Å². The van der Waals surface area contributed by atoms with E-state index in [1.807, 2.05) is 0 Å². The Hall–Kier alpha value is -2.37. The van der Waals surface area contributed by atoms with Gasteiger partial charge in [-0.15, -0.1) is 0 Å². The van der Waals surface area contributed by atoms with Gasteiger partial charge in [-0.2, -0.15) is 13.2 Å². The number of nitrogens with one attached hydrogen (secondary N) is 1. The smallest absolute Gasteiger partial charge is 0.329 e. The molecule has 19 heavy (non-hydrogen) atoms. The number of benzene rings is 1. The van der Waals surface area contributed by atoms with Crippen molar-refractivity contribution in [2.45, 2.75) is 6.18 Å². The molecule has 2 aromatic rings. The Morgan fingerprint density at radius 2 is 1.95 bits per heavy atom. The van der Waals surface area contributed by atoms with Crippen LogP contribution in [0.5, 0.6) is 0 Å². The lowest BCUT2D eigenvalue weighted by atomic mass is 10.0. The van der Waals surface area contributed by atoms with E-state index in [1.54, 1.807) is 12.1 Å². The van der Waals surface area contributed by atoms with Gasteiger partial charge in [0.25, 0.3) is 0 Å². The van der Waals surface area contributed by atoms with Crippen molar-refractivity contribution in [3.63, 3.8) is 0 Å². The van der Waals surface area contributed by atoms with Crippen molar-refractivity contribution in [1.82, 2.24) is 4.98 Å². The van der Waals surface area contributed by atoms with Crippen molar-refractivity contribution < 1.29 is 18.0 Å². The van der Waals surface area contributed by atoms with Crippen LogP contribution in [-0.4, -0.2) is 11.4 Å². The summed E-state index contributed by atoms with van der Waals surface area (Å²) in [6, 6.07) is 6.64. The van der Waals surface area contributed by atoms with Gasteiger partial charge in [0.15, 0.2) is 0 Å². The molecule has 2 rings (SSSR count). The van der Waals surface area contributed by atoms with Crippen LogP contribution in [0.25, 0.3) is 11.1 Å². The number of halogens is 3. The molecule has 0 unspecified atom stereocenters. The van der Waals surface area contributed by atoms with Gasteiger partial charge in [-0.05, 0) is 29.8 Å². The number of pyridine rings is 1. The van der Waals surface area contributed by atoms with Crippen molar-refractivity contribution in [3.8, 4) is 11.1 Å². The molecule has 1 aromatic carbocycles. The largest absolute Gasteiger partial charge is 0.416 e. The number of rotatable bonds is 3. The Morgan fingerprint density at radius 1 is 1.16 bits per heavy atom. The van der Waals surface area contributed by atoms with Crippen LogP contribution in [0, 0.1) is 0 Å². The van der Waals surface area contributed by atoms with E-state index in [4.69, 9.17) is 0 Å². The molecule has 0 aliphatic carbocycles. The molecule has 1 N–H and O–H groups in total. The normalized spacial score (nSPS) is 11.1. The van der Waals surface area contributed by atoms with Crippen molar-refractivity contribution in [1.29, 1.82) is 0 Å². The Kier molecular flexibility index (Phi) is 3.50. The maximum Gasteiger partial charge on any atom is 0.416 e. The van der Waals surface area contributed by atoms with Crippen LogP contribution in [0.15, 0.2) is 42.7 Å². The first-order chi connectivity index (χ1) is 9.00. The van der Waals surface area contributed by atoms with Crippen LogP contribution in [0.2, 0.25) is 0 Å². The summed E-state index contributed by atoms with van der Waals surface area (Å²) in [5.74, 6) is 0. The Labute approximate surface area is 107 Å². The number of hydrogen-bond donors (Lipinski definition) is 1. The monoisotopic (exact) mass is 266 g/mol. The molecule has 1 heterocycles. The zero-order valence-corrected chi connectivity index (χ0v) is 9.61. The number of carbonyl (C=O) groups excluding carboxylic acids is 1. The standard InChI is InChI=1S/C13H9F3N2O/c14-13(15,16)11-4-10(5-12(6-11)18-8-19)9-2-1-3-17-7-9/h1-8H,(H,18,19). The minimum atomic E-state index is -4.47. The predicted molar refractivity (Wildman–Crippen MR) is 64.4 cm³/mol. The molecule has 0 aliphatic heterocycles. The van der Waals surface area contributed by atoms with E-state index in [1.165, 1.54) is 18.5 Å². The Morgan fingerprint density at radius 3 is 2.53 bits per heavy atom. The minimum Gasteiger partial charge on any atom is -0.329 e. The van der Waals surface area contributed by atoms with Crippen LogP contribution in [0.3, 0.4) is 0 Å². The van der Waals surface area contributed by atoms with Gasteiger partial charge in [-0.3, -0.25) is 9.78 Å². The fourth-order valence-corrected chi connectivity index (χ4v) is 1.64. The van der Waals surface area contributed by atoms with Crippen molar-refractivity contribution in [3.05, 3.63) is 48.3 Å². The third kappa shape index (κ3) is 3.09. The number of anilines is 1. The van der Waals surface area contributed by atoms with Gasteiger partial charge in [0.2, 0.25) is 6.41 Å². The fourth-order valence-electron chi connectivity index (χ4n) is 1.64. The number of amides is 1. The summed E-state index contributed by atoms with van der Waals surface area (Å²) in [5, 5.41) is 2.23. The molecular formula is C13H9F3N2O. The van der Waals surface area contributed by atoms with E-state index in [9.17, 15) is 18.0 Å². The van der Waals surface area contributed by atoms with E-state index in [-0.39, 0.29) is 5.69 Å². The summed E-state index contributed by atoms with van der Waals surface area (Å²) in [5.41, 5.74) is 0.150. The van der Waals surface area contributed by atoms with E-state index < -0.39 is 11.7 Å². The third-order valence-corrected chi connectivity index (χ3v) is 2.48. The van der Waals surface area contributed by atoms with Gasteiger partial charge >= 0.3 is 6.18 Å². The van der Waals surface area contributed by atoms with Gasteiger partial charge < -0.3 is 5.32 Å². The zero-order chi connectivity index (χ0) is 13.9. The highest BCUT2D eigenvalue weighted by atomic mass is 19.4. The molecule has 0 spiro atoms. The van der Waals surface area contributed by atoms with Gasteiger partial charge in [-0.1, -0.05) is 6.07 Å². The number of alkyl halides is 3. The van der Waals surface area contributed by atoms with E-state index in [2.05, 4.69) is 10.3 Å². The topological polar surface area (TPSA) is 42.0 Å². The van der Waals surface area contributed by atoms with E-state index >= 15 is 0 Å². The number of nitrogens with zero attached hydrogens (tertiary/aromatic N) is 1. The summed E-state index contributed by atoms with van der Waals surface area (Å²) < 4.78 is 38.3. The molecule has 1 aromatic heterocycles. The molecule has 98 valence electrons. The van der Waals surface area contributed by atoms with Crippen molar-refractivity contribution in [2.24, 2.45) is 0 Å². The molecule has 3 nitrogen and oxygen atoms in total. The summed E-state index contributed by atoms with van der Waals surface area (Å²) in [6.45, 7) is 0. The Bertz CT molecular complexity index is 582. The van der Waals surface area contributed by atoms with Gasteiger partial charge in [-0.25, -0.2) is 0 Å². The SMILES string of the molecule is O=CNc1cc(-c2cccnc2)cc(C(F)(F)F)c1. The van der Waals surface area contributed by atoms with Crippen LogP contribution < -0.4 is 5.32 Å². The molecule has 0 fully saturated rings. The first-order valence-electron chi connectivity index (χ1n) is 5.33. The van der Waals surface area contributed by atoms with Crippen LogP contribution in [0.4, 0.5) is 18.9 Å². The van der Waals surface area contributed by atoms with Crippen molar-refractivity contribution >= 4 is 12.1 Å². The highest BCUT2D eigenvalue weighted by molar-refractivity contribution is 5.76. The lowest BCUT2D eigenvalue weighted by Crippen LogP contribution is -2.06. The number of carbonyl (C=O) groups is 1. The number of hydrogen-bond acceptors (Lipinski definition) is 2. The van der Waals surface area contributed by atoms with Crippen LogP contribution in [-0.2, 0) is 11.0 Å². The highest BCUT2D eigenvalue weighted by Crippen LogP contribution is 2.34. The average molecular weight is 266 g/mol. The lowest BCUT2D eigenvalue weighted by molar-refractivity contribution is -0.137. The summed E-state index contributed by atoms with van der Waals surface area (Å²) in [7, 11) is 0. The molecule has 0 saturated carbocycles. The molecular weight excluding hydrogens is 257 g/mol. The maximum absolute atomic E-state index is 12.8. The molecule has 0 aliphatic rings. The molecule has 0 bridgehead atoms. The van der Waals surface area contributed by atoms with Gasteiger partial charge in [0.1, 0.15) is 0 Å². The molecule has 0 atom stereocenters. The van der Waals surface area contributed by atoms with Crippen LogP contribution in [0.1, 0.15) is 5.56 Å². The predicted octanol–water partition coefficient (Wildman–Crippen LogP) is 3.34. The molecule has 1 amide bonds. The molecule has 6 heteroatoms. The summed E-state index contributed by atoms with van der Waals surface area (Å²) >= 11 is 0. The second-order valence-electron chi connectivity index (χ2n) is 3.80. The lowest BCUT2D eigenvalue weighted by Gasteiger charge is -2.11. The highest BCUT2D eigenvalue weighted by Gasteiger charge is 2.31. The second kappa shape index (κ2) is 5.09. The maximum atomic E-state index is 12.8. The molecule has 0 radical (unpaired) electrons. The Balaban J connectivity index is 2.55. The second-order valence-corrected chi connectivity index (χ2v) is 3.80. The minimum absolute atomic E-state index is 0.0867. The molecule has 0 saturated heterocycles. The summed E-state index contributed by atoms with van der Waals surface area (Å²) in [4.78, 5) is 14.2.